The number of aryl methyl sites for hydroxylation is 1. The molecule has 6 rings (SSSR count). The van der Waals surface area contributed by atoms with Gasteiger partial charge in [-0.2, -0.15) is 13.2 Å². The number of rotatable bonds is 7. The number of hydrogen-bond donors (Lipinski definition) is 2. The van der Waals surface area contributed by atoms with Crippen molar-refractivity contribution in [3.63, 3.8) is 0 Å². The zero-order chi connectivity index (χ0) is 30.3. The average molecular weight is 605 g/mol. The lowest BCUT2D eigenvalue weighted by Gasteiger charge is -2.42. The quantitative estimate of drug-likeness (QED) is 0.273. The molecule has 2 aliphatic carbocycles. The summed E-state index contributed by atoms with van der Waals surface area (Å²) >= 11 is 6.45. The molecule has 224 valence electrons. The van der Waals surface area contributed by atoms with E-state index in [-0.39, 0.29) is 52.6 Å². The summed E-state index contributed by atoms with van der Waals surface area (Å²) in [6.07, 6.45) is 3.62. The molecule has 1 amide bonds. The first kappa shape index (κ1) is 30.0. The number of halogens is 4. The highest BCUT2D eigenvalue weighted by molar-refractivity contribution is 6.29. The van der Waals surface area contributed by atoms with Gasteiger partial charge in [-0.1, -0.05) is 18.0 Å². The fraction of sp³-hybridized carbons (Fsp3) is 0.483. The number of aromatic nitrogens is 4. The van der Waals surface area contributed by atoms with Gasteiger partial charge in [-0.05, 0) is 80.0 Å². The standard InChI is InChI=1S/C28H30ClF3N6O.CH2O2/c1-26(5-3-6-26)33-14-17-9-19-20(21(10-17)28(30,31)32)15-38(25(19)39)23-12-18(11-22(29)35-23)27(7-4-8-27)13-24-36-34-16-37(24)2;2-1-3/h9-12,16,33H,3-8,13-15H2,1-2H3;1H,(H,2,3). The topological polar surface area (TPSA) is 113 Å². The molecular weight excluding hydrogens is 573 g/mol. The third-order valence-electron chi connectivity index (χ3n) is 8.87. The second-order valence-corrected chi connectivity index (χ2v) is 12.0. The lowest BCUT2D eigenvalue weighted by molar-refractivity contribution is -0.138. The Balaban J connectivity index is 0.00000113. The lowest BCUT2D eigenvalue weighted by Crippen LogP contribution is -2.47. The lowest BCUT2D eigenvalue weighted by atomic mass is 9.62. The smallest absolute Gasteiger partial charge is 0.416 e. The molecule has 2 N–H and O–H groups in total. The summed E-state index contributed by atoms with van der Waals surface area (Å²) in [7, 11) is 1.89. The van der Waals surface area contributed by atoms with E-state index in [9.17, 15) is 18.0 Å². The van der Waals surface area contributed by atoms with Gasteiger partial charge in [-0.15, -0.1) is 10.2 Å². The van der Waals surface area contributed by atoms with Crippen molar-refractivity contribution in [3.8, 4) is 0 Å². The van der Waals surface area contributed by atoms with Crippen LogP contribution in [-0.2, 0) is 42.9 Å². The molecule has 0 unspecified atom stereocenters. The van der Waals surface area contributed by atoms with Crippen molar-refractivity contribution in [3.05, 3.63) is 69.4 Å². The molecule has 2 fully saturated rings. The van der Waals surface area contributed by atoms with E-state index in [2.05, 4.69) is 27.4 Å². The number of benzene rings is 1. The summed E-state index contributed by atoms with van der Waals surface area (Å²) in [6.45, 7) is 1.88. The first-order chi connectivity index (χ1) is 19.9. The Morgan fingerprint density at radius 2 is 1.83 bits per heavy atom. The van der Waals surface area contributed by atoms with Gasteiger partial charge in [0.2, 0.25) is 0 Å². The minimum Gasteiger partial charge on any atom is -0.483 e. The molecule has 0 radical (unpaired) electrons. The monoisotopic (exact) mass is 604 g/mol. The van der Waals surface area contributed by atoms with Gasteiger partial charge in [0, 0.05) is 36.5 Å². The molecule has 13 heteroatoms. The number of nitrogens with one attached hydrogen (secondary N) is 1. The summed E-state index contributed by atoms with van der Waals surface area (Å²) in [5, 5.41) is 18.7. The van der Waals surface area contributed by atoms with E-state index in [0.29, 0.717) is 12.0 Å². The summed E-state index contributed by atoms with van der Waals surface area (Å²) in [5.74, 6) is 0.599. The fourth-order valence-electron chi connectivity index (χ4n) is 6.08. The Labute approximate surface area is 246 Å². The maximum atomic E-state index is 14.2. The number of carbonyl (C=O) groups is 2. The maximum Gasteiger partial charge on any atom is 0.416 e. The van der Waals surface area contributed by atoms with Gasteiger partial charge in [0.1, 0.15) is 23.1 Å². The first-order valence-corrected chi connectivity index (χ1v) is 14.1. The highest BCUT2D eigenvalue weighted by Gasteiger charge is 2.43. The van der Waals surface area contributed by atoms with Crippen molar-refractivity contribution in [1.82, 2.24) is 25.1 Å². The third kappa shape index (κ3) is 5.74. The highest BCUT2D eigenvalue weighted by atomic mass is 35.5. The Bertz CT molecular complexity index is 1500. The van der Waals surface area contributed by atoms with Gasteiger partial charge in [0.25, 0.3) is 12.4 Å². The second-order valence-electron chi connectivity index (χ2n) is 11.6. The number of carbonyl (C=O) groups excluding carboxylic acids is 1. The van der Waals surface area contributed by atoms with E-state index in [1.54, 1.807) is 24.5 Å². The van der Waals surface area contributed by atoms with Crippen LogP contribution in [0.4, 0.5) is 19.0 Å². The van der Waals surface area contributed by atoms with E-state index in [1.165, 1.54) is 11.0 Å². The van der Waals surface area contributed by atoms with Gasteiger partial charge in [0.15, 0.2) is 0 Å². The number of carboxylic acid groups (broad SMARTS) is 1. The van der Waals surface area contributed by atoms with Crippen molar-refractivity contribution in [2.24, 2.45) is 7.05 Å². The van der Waals surface area contributed by atoms with Gasteiger partial charge < -0.3 is 15.0 Å². The Hall–Kier alpha value is -3.51. The molecule has 2 aromatic heterocycles. The van der Waals surface area contributed by atoms with Crippen molar-refractivity contribution in [1.29, 1.82) is 0 Å². The third-order valence-corrected chi connectivity index (χ3v) is 9.06. The van der Waals surface area contributed by atoms with Crippen LogP contribution in [0.15, 0.2) is 30.6 Å². The molecule has 2 saturated carbocycles. The molecule has 3 aliphatic rings. The van der Waals surface area contributed by atoms with E-state index in [1.807, 2.05) is 11.6 Å². The highest BCUT2D eigenvalue weighted by Crippen LogP contribution is 2.48. The SMILES string of the molecule is Cn1cnnc1CC1(c2cc(Cl)nc(N3Cc4c(cc(CNC5(C)CCC5)cc4C(F)(F)F)C3=O)c2)CCC1.O=CO. The van der Waals surface area contributed by atoms with Crippen molar-refractivity contribution in [2.75, 3.05) is 4.90 Å². The molecule has 3 heterocycles. The number of anilines is 1. The number of fused-ring (bicyclic) bond motifs is 1. The van der Waals surface area contributed by atoms with Crippen LogP contribution in [0.5, 0.6) is 0 Å². The zero-order valence-corrected chi connectivity index (χ0v) is 24.1. The molecule has 0 spiro atoms. The second kappa shape index (κ2) is 11.3. The van der Waals surface area contributed by atoms with Gasteiger partial charge in [-0.3, -0.25) is 14.5 Å². The number of hydrogen-bond acceptors (Lipinski definition) is 6. The summed E-state index contributed by atoms with van der Waals surface area (Å²) < 4.78 is 44.4. The number of alkyl halides is 3. The van der Waals surface area contributed by atoms with Crippen molar-refractivity contribution in [2.45, 2.75) is 82.1 Å². The molecule has 42 heavy (non-hydrogen) atoms. The van der Waals surface area contributed by atoms with E-state index in [4.69, 9.17) is 21.5 Å². The van der Waals surface area contributed by atoms with Crippen LogP contribution in [0.25, 0.3) is 0 Å². The van der Waals surface area contributed by atoms with E-state index in [0.717, 1.165) is 49.9 Å². The summed E-state index contributed by atoms with van der Waals surface area (Å²) in [5.41, 5.74) is 0.313. The Morgan fingerprint density at radius 3 is 2.38 bits per heavy atom. The zero-order valence-electron chi connectivity index (χ0n) is 23.3. The number of amides is 1. The summed E-state index contributed by atoms with van der Waals surface area (Å²) in [6, 6.07) is 6.36. The molecule has 9 nitrogen and oxygen atoms in total. The van der Waals surface area contributed by atoms with Crippen LogP contribution in [0.1, 0.15) is 83.9 Å². The Morgan fingerprint density at radius 1 is 1.14 bits per heavy atom. The van der Waals surface area contributed by atoms with Crippen molar-refractivity contribution >= 4 is 29.8 Å². The van der Waals surface area contributed by atoms with Gasteiger partial charge >= 0.3 is 6.18 Å². The first-order valence-electron chi connectivity index (χ1n) is 13.8. The van der Waals surface area contributed by atoms with Gasteiger partial charge in [-0.25, -0.2) is 4.98 Å². The fourth-order valence-corrected chi connectivity index (χ4v) is 6.28. The van der Waals surface area contributed by atoms with E-state index < -0.39 is 17.6 Å². The average Bonchev–Trinajstić information content (AvgIpc) is 3.45. The molecule has 1 aliphatic heterocycles. The normalized spacial score (nSPS) is 18.4. The molecule has 3 aromatic rings. The van der Waals surface area contributed by atoms with E-state index >= 15 is 0 Å². The van der Waals surface area contributed by atoms with Crippen LogP contribution in [-0.4, -0.2) is 42.8 Å². The largest absolute Gasteiger partial charge is 0.483 e. The predicted molar refractivity (Wildman–Crippen MR) is 149 cm³/mol. The van der Waals surface area contributed by atoms with Crippen LogP contribution in [0.3, 0.4) is 0 Å². The Kier molecular flexibility index (Phi) is 8.06. The van der Waals surface area contributed by atoms with Crippen LogP contribution < -0.4 is 10.2 Å². The van der Waals surface area contributed by atoms with Crippen LogP contribution >= 0.6 is 11.6 Å². The minimum atomic E-state index is -4.59. The molecule has 0 atom stereocenters. The molecule has 0 bridgehead atoms. The molecule has 1 aromatic carbocycles. The maximum absolute atomic E-state index is 14.2. The minimum absolute atomic E-state index is 0.0214. The molecular formula is C29H32ClF3N6O3. The molecule has 0 saturated heterocycles. The van der Waals surface area contributed by atoms with Crippen LogP contribution in [0.2, 0.25) is 5.15 Å². The van der Waals surface area contributed by atoms with Crippen molar-refractivity contribution < 1.29 is 27.9 Å². The van der Waals surface area contributed by atoms with Crippen LogP contribution in [0, 0.1) is 0 Å². The predicted octanol–water partition coefficient (Wildman–Crippen LogP) is 5.44. The summed E-state index contributed by atoms with van der Waals surface area (Å²) in [4.78, 5) is 27.6. The number of pyridine rings is 1. The van der Waals surface area contributed by atoms with Gasteiger partial charge in [0.05, 0.1) is 12.1 Å². The number of nitrogens with zero attached hydrogens (tertiary/aromatic N) is 5.